The molecule has 1 aromatic carbocycles. The summed E-state index contributed by atoms with van der Waals surface area (Å²) in [5.41, 5.74) is 0.0338. The van der Waals surface area contributed by atoms with Crippen LogP contribution in [-0.2, 0) is 9.47 Å². The van der Waals surface area contributed by atoms with Crippen LogP contribution in [0.1, 0.15) is 44.5 Å². The fourth-order valence-corrected chi connectivity index (χ4v) is 4.41. The molecule has 0 heterocycles. The zero-order chi connectivity index (χ0) is 19.2. The first-order chi connectivity index (χ1) is 11.5. The molecule has 8 heteroatoms. The summed E-state index contributed by atoms with van der Waals surface area (Å²) in [6.45, 7) is 8.74. The van der Waals surface area contributed by atoms with Gasteiger partial charge in [-0.2, -0.15) is 4.79 Å². The van der Waals surface area contributed by atoms with Crippen LogP contribution >= 0.6 is 67.8 Å². The molecule has 1 amide bonds. The number of esters is 1. The molecule has 0 fully saturated rings. The molecule has 0 aliphatic heterocycles. The smallest absolute Gasteiger partial charge is 0.456 e. The van der Waals surface area contributed by atoms with Crippen LogP contribution in [-0.4, -0.2) is 37.4 Å². The van der Waals surface area contributed by atoms with Crippen molar-refractivity contribution < 1.29 is 24.0 Å². The Hall–Kier alpha value is 0.310. The van der Waals surface area contributed by atoms with Gasteiger partial charge in [-0.3, -0.25) is 0 Å². The van der Waals surface area contributed by atoms with Crippen molar-refractivity contribution in [3.63, 3.8) is 0 Å². The minimum Gasteiger partial charge on any atom is -0.456 e. The zero-order valence-electron chi connectivity index (χ0n) is 14.8. The molecule has 0 saturated heterocycles. The van der Waals surface area contributed by atoms with Crippen LogP contribution in [0.3, 0.4) is 0 Å². The summed E-state index contributed by atoms with van der Waals surface area (Å²) in [5.74, 6) is -0.360. The van der Waals surface area contributed by atoms with Crippen molar-refractivity contribution in [3.05, 3.63) is 28.4 Å². The van der Waals surface area contributed by atoms with E-state index in [1.165, 1.54) is 0 Å². The number of hydrogen-bond acceptors (Lipinski definition) is 4. The highest BCUT2D eigenvalue weighted by Crippen LogP contribution is 2.23. The Bertz CT molecular complexity index is 629. The first-order valence-corrected chi connectivity index (χ1v) is 11.2. The summed E-state index contributed by atoms with van der Waals surface area (Å²) in [6.07, 6.45) is 0.541. The maximum Gasteiger partial charge on any atom is 0.514 e. The molecule has 0 bridgehead atoms. The van der Waals surface area contributed by atoms with Gasteiger partial charge < -0.3 is 9.47 Å². The average molecular weight is 686 g/mol. The summed E-state index contributed by atoms with van der Waals surface area (Å²) < 4.78 is 13.7. The highest BCUT2D eigenvalue weighted by molar-refractivity contribution is 14.1. The van der Waals surface area contributed by atoms with Gasteiger partial charge in [0, 0.05) is 10.7 Å². The topological polar surface area (TPSA) is 57.0 Å². The molecule has 1 N–H and O–H groups in total. The maximum absolute atomic E-state index is 12.3. The van der Waals surface area contributed by atoms with Gasteiger partial charge in [-0.25, -0.2) is 9.69 Å². The molecular weight excluding hydrogens is 663 g/mol. The van der Waals surface area contributed by atoms with Gasteiger partial charge in [0.2, 0.25) is 0 Å². The van der Waals surface area contributed by atoms with E-state index < -0.39 is 5.60 Å². The van der Waals surface area contributed by atoms with Gasteiger partial charge in [0.1, 0.15) is 18.8 Å². The van der Waals surface area contributed by atoms with E-state index in [4.69, 9.17) is 9.47 Å². The fraction of sp³-hybridized carbons (Fsp3) is 0.529. The summed E-state index contributed by atoms with van der Waals surface area (Å²) in [5, 5.41) is 0. The second-order valence-electron chi connectivity index (χ2n) is 6.49. The minimum atomic E-state index is -0.528. The molecule has 1 atom stereocenters. The van der Waals surface area contributed by atoms with Crippen molar-refractivity contribution in [2.75, 3.05) is 19.7 Å². The van der Waals surface area contributed by atoms with E-state index in [-0.39, 0.29) is 18.7 Å². The molecule has 0 saturated carbocycles. The maximum atomic E-state index is 12.3. The highest BCUT2D eigenvalue weighted by atomic mass is 127. The van der Waals surface area contributed by atoms with Crippen molar-refractivity contribution in [2.24, 2.45) is 0 Å². The van der Waals surface area contributed by atoms with Crippen molar-refractivity contribution in [3.8, 4) is 0 Å². The summed E-state index contributed by atoms with van der Waals surface area (Å²) in [4.78, 5) is 25.2. The Kier molecular flexibility index (Phi) is 9.89. The predicted molar refractivity (Wildman–Crippen MR) is 122 cm³/mol. The first kappa shape index (κ1) is 23.3. The number of rotatable bonds is 6. The molecule has 25 heavy (non-hydrogen) atoms. The summed E-state index contributed by atoms with van der Waals surface area (Å²) >= 11 is 6.53. The van der Waals surface area contributed by atoms with Crippen molar-refractivity contribution in [2.45, 2.75) is 39.7 Å². The molecule has 1 rings (SSSR count). The molecule has 0 radical (unpaired) electrons. The number of nitrogens with one attached hydrogen (secondary N) is 1. The van der Waals surface area contributed by atoms with Crippen LogP contribution in [0.15, 0.2) is 12.1 Å². The molecule has 1 unspecified atom stereocenters. The van der Waals surface area contributed by atoms with E-state index in [1.54, 1.807) is 0 Å². The number of benzene rings is 1. The highest BCUT2D eigenvalue weighted by Gasteiger charge is 2.26. The number of halogens is 3. The Balaban J connectivity index is 2.67. The van der Waals surface area contributed by atoms with Crippen LogP contribution in [0.5, 0.6) is 0 Å². The van der Waals surface area contributed by atoms with Crippen LogP contribution < -0.4 is 4.90 Å². The largest absolute Gasteiger partial charge is 0.514 e. The second kappa shape index (κ2) is 10.6. The molecule has 0 aliphatic carbocycles. The third kappa shape index (κ3) is 8.24. The quantitative estimate of drug-likeness (QED) is 0.281. The number of amides is 1. The molecule has 140 valence electrons. The van der Waals surface area contributed by atoms with Gasteiger partial charge in [-0.05, 0) is 107 Å². The van der Waals surface area contributed by atoms with Crippen LogP contribution in [0.4, 0.5) is 4.79 Å². The lowest BCUT2D eigenvalue weighted by Gasteiger charge is -2.22. The van der Waals surface area contributed by atoms with E-state index in [0.29, 0.717) is 23.6 Å². The standard InChI is InChI=1S/C17H22I3NO4/c1-5-6-21(16(23)25-17(2,3)4)7-8-24-15(22)12-9-11(18)10-13(19)14(12)20/h9-10H,5-8H2,1-4H3/p+1. The normalized spacial score (nSPS) is 12.6. The summed E-state index contributed by atoms with van der Waals surface area (Å²) in [7, 11) is 0. The van der Waals surface area contributed by atoms with Crippen LogP contribution in [0, 0.1) is 10.7 Å². The Morgan fingerprint density at radius 3 is 2.32 bits per heavy atom. The second-order valence-corrected chi connectivity index (χ2v) is 9.98. The lowest BCUT2D eigenvalue weighted by molar-refractivity contribution is -0.825. The van der Waals surface area contributed by atoms with Crippen molar-refractivity contribution in [1.29, 1.82) is 0 Å². The molecule has 5 nitrogen and oxygen atoms in total. The Morgan fingerprint density at radius 2 is 1.76 bits per heavy atom. The summed E-state index contributed by atoms with van der Waals surface area (Å²) in [6, 6.07) is 3.83. The number of ether oxygens (including phenoxy) is 2. The number of quaternary nitrogens is 1. The monoisotopic (exact) mass is 686 g/mol. The number of carbonyl (C=O) groups is 2. The fourth-order valence-electron chi connectivity index (χ4n) is 2.03. The lowest BCUT2D eigenvalue weighted by atomic mass is 10.2. The van der Waals surface area contributed by atoms with E-state index in [0.717, 1.165) is 17.1 Å². The Morgan fingerprint density at radius 1 is 1.12 bits per heavy atom. The third-order valence-electron chi connectivity index (χ3n) is 3.09. The van der Waals surface area contributed by atoms with E-state index in [1.807, 2.05) is 39.8 Å². The molecule has 0 aromatic heterocycles. The molecule has 0 spiro atoms. The SMILES string of the molecule is CCC[NH+](CCOC(=O)c1cc(I)cc(I)c1I)C(=O)OC(C)(C)C. The Labute approximate surface area is 190 Å². The number of alkyl carbamates (subject to hydrolysis) is 2. The molecule has 1 aromatic rings. The predicted octanol–water partition coefficient (Wildman–Crippen LogP) is 3.89. The number of hydrogen-bond donors (Lipinski definition) is 1. The van der Waals surface area contributed by atoms with Gasteiger partial charge >= 0.3 is 12.1 Å². The molecular formula is C17H23I3NO4+. The van der Waals surface area contributed by atoms with Gasteiger partial charge in [0.15, 0.2) is 0 Å². The average Bonchev–Trinajstić information content (AvgIpc) is 2.48. The van der Waals surface area contributed by atoms with Gasteiger partial charge in [0.05, 0.1) is 12.1 Å². The lowest BCUT2D eigenvalue weighted by Crippen LogP contribution is -3.15. The third-order valence-corrected chi connectivity index (χ3v) is 6.76. The van der Waals surface area contributed by atoms with E-state index in [9.17, 15) is 9.59 Å². The van der Waals surface area contributed by atoms with Crippen LogP contribution in [0.2, 0.25) is 0 Å². The zero-order valence-corrected chi connectivity index (χ0v) is 21.2. The van der Waals surface area contributed by atoms with Gasteiger partial charge in [-0.15, -0.1) is 0 Å². The molecule has 0 aliphatic rings. The van der Waals surface area contributed by atoms with Gasteiger partial charge in [-0.1, -0.05) is 6.92 Å². The van der Waals surface area contributed by atoms with E-state index >= 15 is 0 Å². The first-order valence-electron chi connectivity index (χ1n) is 7.95. The van der Waals surface area contributed by atoms with E-state index in [2.05, 4.69) is 67.8 Å². The van der Waals surface area contributed by atoms with Crippen LogP contribution in [0.25, 0.3) is 0 Å². The van der Waals surface area contributed by atoms with Gasteiger partial charge in [0.25, 0.3) is 0 Å². The number of carbonyl (C=O) groups excluding carboxylic acids is 2. The minimum absolute atomic E-state index is 0.172. The van der Waals surface area contributed by atoms with Crippen molar-refractivity contribution in [1.82, 2.24) is 0 Å². The van der Waals surface area contributed by atoms with Crippen molar-refractivity contribution >= 4 is 79.8 Å².